The first-order chi connectivity index (χ1) is 14.5. The lowest BCUT2D eigenvalue weighted by molar-refractivity contribution is -0.135. The molecular formula is C24H27N3O3. The van der Waals surface area contributed by atoms with Crippen molar-refractivity contribution in [1.29, 1.82) is 0 Å². The van der Waals surface area contributed by atoms with E-state index in [1.54, 1.807) is 24.5 Å². The number of hydrogen-bond donors (Lipinski definition) is 1. The third kappa shape index (κ3) is 4.28. The fourth-order valence-electron chi connectivity index (χ4n) is 4.18. The number of benzene rings is 1. The molecule has 0 spiro atoms. The van der Waals surface area contributed by atoms with Gasteiger partial charge in [0.1, 0.15) is 5.65 Å². The van der Waals surface area contributed by atoms with Crippen LogP contribution >= 0.6 is 0 Å². The molecule has 1 aliphatic rings. The minimum absolute atomic E-state index is 0.112. The summed E-state index contributed by atoms with van der Waals surface area (Å²) in [5, 5.41) is 11.1. The second-order valence-corrected chi connectivity index (χ2v) is 8.32. The van der Waals surface area contributed by atoms with Gasteiger partial charge < -0.3 is 10.0 Å². The molecule has 0 saturated carbocycles. The molecule has 6 nitrogen and oxygen atoms in total. The molecule has 0 radical (unpaired) electrons. The Morgan fingerprint density at radius 1 is 1.13 bits per heavy atom. The number of fused-ring (bicyclic) bond motifs is 1. The van der Waals surface area contributed by atoms with Crippen molar-refractivity contribution in [3.05, 3.63) is 82.4 Å². The van der Waals surface area contributed by atoms with Gasteiger partial charge >= 0.3 is 0 Å². The van der Waals surface area contributed by atoms with Crippen LogP contribution in [0.1, 0.15) is 43.2 Å². The van der Waals surface area contributed by atoms with Crippen LogP contribution < -0.4 is 5.56 Å². The number of carbonyl (C=O) groups is 1. The zero-order chi connectivity index (χ0) is 21.1. The molecule has 1 N–H and O–H groups in total. The molecule has 4 rings (SSSR count). The number of likely N-dealkylation sites (tertiary alicyclic amines) is 1. The van der Waals surface area contributed by atoms with Gasteiger partial charge in [-0.15, -0.1) is 0 Å². The molecule has 1 saturated heterocycles. The second kappa shape index (κ2) is 8.40. The largest absolute Gasteiger partial charge is 0.389 e. The topological polar surface area (TPSA) is 74.9 Å². The van der Waals surface area contributed by atoms with E-state index >= 15 is 0 Å². The molecule has 0 aliphatic carbocycles. The van der Waals surface area contributed by atoms with Gasteiger partial charge in [0.15, 0.2) is 0 Å². The highest BCUT2D eigenvalue weighted by Gasteiger charge is 2.35. The van der Waals surface area contributed by atoms with E-state index in [0.717, 1.165) is 5.56 Å². The van der Waals surface area contributed by atoms with Crippen LogP contribution in [0.3, 0.4) is 0 Å². The number of hydrogen-bond acceptors (Lipinski definition) is 4. The fraction of sp³-hybridized carbons (Fsp3) is 0.375. The number of aliphatic hydroxyl groups is 1. The SMILES string of the molecule is CC(CC(=O)N1CCC(O)(Cc2cnc3ccccn3c2=O)CC1)c1ccccc1. The third-order valence-electron chi connectivity index (χ3n) is 6.10. The van der Waals surface area contributed by atoms with Crippen molar-refractivity contribution in [3.63, 3.8) is 0 Å². The molecule has 1 amide bonds. The van der Waals surface area contributed by atoms with Crippen LogP contribution in [0, 0.1) is 0 Å². The van der Waals surface area contributed by atoms with Gasteiger partial charge in [0.05, 0.1) is 5.60 Å². The van der Waals surface area contributed by atoms with Crippen LogP contribution in [0.25, 0.3) is 5.65 Å². The summed E-state index contributed by atoms with van der Waals surface area (Å²) in [5.74, 6) is 0.268. The summed E-state index contributed by atoms with van der Waals surface area (Å²) in [5.41, 5.74) is 1.10. The highest BCUT2D eigenvalue weighted by Crippen LogP contribution is 2.27. The van der Waals surface area contributed by atoms with E-state index in [9.17, 15) is 14.7 Å². The Bertz CT molecular complexity index is 1090. The predicted octanol–water partition coefficient (Wildman–Crippen LogP) is 2.78. The van der Waals surface area contributed by atoms with Gasteiger partial charge in [0.25, 0.3) is 5.56 Å². The van der Waals surface area contributed by atoms with Gasteiger partial charge in [-0.2, -0.15) is 0 Å². The van der Waals surface area contributed by atoms with Crippen LogP contribution in [0.4, 0.5) is 0 Å². The molecule has 1 unspecified atom stereocenters. The smallest absolute Gasteiger partial charge is 0.261 e. The highest BCUT2D eigenvalue weighted by molar-refractivity contribution is 5.77. The number of rotatable bonds is 5. The maximum atomic E-state index is 12.7. The molecule has 2 aromatic heterocycles. The van der Waals surface area contributed by atoms with E-state index in [4.69, 9.17) is 0 Å². The quantitative estimate of drug-likeness (QED) is 0.708. The fourth-order valence-corrected chi connectivity index (χ4v) is 4.18. The Balaban J connectivity index is 1.38. The number of amides is 1. The van der Waals surface area contributed by atoms with Crippen molar-refractivity contribution in [2.24, 2.45) is 0 Å². The Kier molecular flexibility index (Phi) is 5.68. The molecule has 0 bridgehead atoms. The summed E-state index contributed by atoms with van der Waals surface area (Å²) >= 11 is 0. The minimum Gasteiger partial charge on any atom is -0.389 e. The predicted molar refractivity (Wildman–Crippen MR) is 115 cm³/mol. The normalized spacial score (nSPS) is 17.1. The van der Waals surface area contributed by atoms with Crippen LogP contribution in [-0.2, 0) is 11.2 Å². The van der Waals surface area contributed by atoms with Gasteiger partial charge in [-0.3, -0.25) is 14.0 Å². The van der Waals surface area contributed by atoms with Crippen LogP contribution in [0.2, 0.25) is 0 Å². The number of carbonyl (C=O) groups excluding carboxylic acids is 1. The zero-order valence-electron chi connectivity index (χ0n) is 17.2. The first-order valence-electron chi connectivity index (χ1n) is 10.5. The van der Waals surface area contributed by atoms with Gasteiger partial charge in [0.2, 0.25) is 5.91 Å². The standard InChI is InChI=1S/C24H27N3O3/c1-18(19-7-3-2-4-8-19)15-22(28)26-13-10-24(30,11-14-26)16-20-17-25-21-9-5-6-12-27(21)23(20)29/h2-9,12,17-18,30H,10-11,13-16H2,1H3. The molecule has 1 fully saturated rings. The zero-order valence-corrected chi connectivity index (χ0v) is 17.2. The summed E-state index contributed by atoms with van der Waals surface area (Å²) < 4.78 is 1.50. The van der Waals surface area contributed by atoms with E-state index in [-0.39, 0.29) is 23.8 Å². The molecule has 30 heavy (non-hydrogen) atoms. The maximum absolute atomic E-state index is 12.7. The van der Waals surface area contributed by atoms with Crippen molar-refractivity contribution in [3.8, 4) is 0 Å². The lowest BCUT2D eigenvalue weighted by atomic mass is 9.85. The van der Waals surface area contributed by atoms with Gasteiger partial charge in [-0.05, 0) is 36.5 Å². The lowest BCUT2D eigenvalue weighted by Gasteiger charge is -2.38. The summed E-state index contributed by atoms with van der Waals surface area (Å²) in [6, 6.07) is 15.4. The minimum atomic E-state index is -0.994. The van der Waals surface area contributed by atoms with Crippen molar-refractivity contribution in [2.75, 3.05) is 13.1 Å². The highest BCUT2D eigenvalue weighted by atomic mass is 16.3. The van der Waals surface area contributed by atoms with Crippen molar-refractivity contribution >= 4 is 11.6 Å². The van der Waals surface area contributed by atoms with Gasteiger partial charge in [-0.1, -0.05) is 43.3 Å². The van der Waals surface area contributed by atoms with Crippen LogP contribution in [-0.4, -0.2) is 44.0 Å². The summed E-state index contributed by atoms with van der Waals surface area (Å²) in [7, 11) is 0. The van der Waals surface area contributed by atoms with Gasteiger partial charge in [-0.25, -0.2) is 4.98 Å². The number of pyridine rings is 1. The van der Waals surface area contributed by atoms with Gasteiger partial charge in [0, 0.05) is 43.9 Å². The number of piperidine rings is 1. The second-order valence-electron chi connectivity index (χ2n) is 8.32. The Morgan fingerprint density at radius 3 is 2.57 bits per heavy atom. The van der Waals surface area contributed by atoms with E-state index in [1.807, 2.05) is 41.3 Å². The number of aromatic nitrogens is 2. The Morgan fingerprint density at radius 2 is 1.83 bits per heavy atom. The molecule has 3 aromatic rings. The van der Waals surface area contributed by atoms with Crippen LogP contribution in [0.5, 0.6) is 0 Å². The van der Waals surface area contributed by atoms with Crippen molar-refractivity contribution in [2.45, 2.75) is 44.1 Å². The summed E-state index contributed by atoms with van der Waals surface area (Å²) in [6.07, 6.45) is 4.87. The molecule has 6 heteroatoms. The summed E-state index contributed by atoms with van der Waals surface area (Å²) in [4.78, 5) is 31.6. The molecule has 1 aromatic carbocycles. The molecule has 1 aliphatic heterocycles. The molecule has 1 atom stereocenters. The average molecular weight is 405 g/mol. The molecular weight excluding hydrogens is 378 g/mol. The first-order valence-corrected chi connectivity index (χ1v) is 10.5. The Labute approximate surface area is 175 Å². The van der Waals surface area contributed by atoms with E-state index < -0.39 is 5.60 Å². The first kappa shape index (κ1) is 20.3. The average Bonchev–Trinajstić information content (AvgIpc) is 2.77. The number of nitrogens with zero attached hydrogens (tertiary/aromatic N) is 3. The Hall–Kier alpha value is -2.99. The molecule has 156 valence electrons. The van der Waals surface area contributed by atoms with Crippen molar-refractivity contribution < 1.29 is 9.90 Å². The molecule has 3 heterocycles. The monoisotopic (exact) mass is 405 g/mol. The lowest BCUT2D eigenvalue weighted by Crippen LogP contribution is -2.48. The summed E-state index contributed by atoms with van der Waals surface area (Å²) in [6.45, 7) is 3.06. The van der Waals surface area contributed by atoms with E-state index in [1.165, 1.54) is 4.40 Å². The third-order valence-corrected chi connectivity index (χ3v) is 6.10. The van der Waals surface area contributed by atoms with E-state index in [2.05, 4.69) is 11.9 Å². The van der Waals surface area contributed by atoms with Crippen molar-refractivity contribution in [1.82, 2.24) is 14.3 Å². The van der Waals surface area contributed by atoms with E-state index in [0.29, 0.717) is 43.6 Å². The van der Waals surface area contributed by atoms with Crippen LogP contribution in [0.15, 0.2) is 65.7 Å². The maximum Gasteiger partial charge on any atom is 0.261 e.